The number of carboxylic acids is 1. The summed E-state index contributed by atoms with van der Waals surface area (Å²) in [6, 6.07) is 6.69. The first-order valence-corrected chi connectivity index (χ1v) is 14.0. The quantitative estimate of drug-likeness (QED) is 0.430. The summed E-state index contributed by atoms with van der Waals surface area (Å²) in [5.74, 6) is 0.998. The molecule has 1 aliphatic carbocycles. The number of aromatic carboxylic acids is 1. The highest BCUT2D eigenvalue weighted by atomic mass is 16.5. The molecule has 7 heteroatoms. The Balaban J connectivity index is 1.11. The van der Waals surface area contributed by atoms with E-state index < -0.39 is 12.0 Å². The van der Waals surface area contributed by atoms with E-state index in [0.29, 0.717) is 24.6 Å². The second kappa shape index (κ2) is 11.8. The van der Waals surface area contributed by atoms with Gasteiger partial charge in [0, 0.05) is 6.54 Å². The number of amides is 1. The summed E-state index contributed by atoms with van der Waals surface area (Å²) in [7, 11) is 0. The molecule has 0 spiro atoms. The number of carbonyl (C=O) groups excluding carboxylic acids is 1. The number of hydrogen-bond donors (Lipinski definition) is 2. The highest BCUT2D eigenvalue weighted by molar-refractivity contribution is 5.90. The van der Waals surface area contributed by atoms with Crippen molar-refractivity contribution in [3.63, 3.8) is 0 Å². The van der Waals surface area contributed by atoms with Crippen LogP contribution in [-0.4, -0.2) is 54.3 Å². The van der Waals surface area contributed by atoms with Crippen molar-refractivity contribution >= 4 is 17.8 Å². The molecule has 196 valence electrons. The minimum atomic E-state index is -0.903. The number of carboxylic acid groups (broad SMARTS) is 1. The van der Waals surface area contributed by atoms with Crippen LogP contribution in [0.25, 0.3) is 0 Å². The van der Waals surface area contributed by atoms with Gasteiger partial charge in [-0.2, -0.15) is 0 Å². The Morgan fingerprint density at radius 2 is 1.86 bits per heavy atom. The van der Waals surface area contributed by atoms with Crippen LogP contribution in [-0.2, 0) is 20.7 Å². The van der Waals surface area contributed by atoms with Gasteiger partial charge < -0.3 is 19.9 Å². The molecule has 2 saturated heterocycles. The summed E-state index contributed by atoms with van der Waals surface area (Å²) in [6.07, 6.45) is 14.4. The summed E-state index contributed by atoms with van der Waals surface area (Å²) in [5.41, 5.74) is 1.34. The average Bonchev–Trinajstić information content (AvgIpc) is 3.64. The third-order valence-corrected chi connectivity index (χ3v) is 8.69. The van der Waals surface area contributed by atoms with Gasteiger partial charge >= 0.3 is 5.97 Å². The van der Waals surface area contributed by atoms with Gasteiger partial charge in [-0.25, -0.2) is 9.79 Å². The fraction of sp³-hybridized carbons (Fsp3) is 0.690. The van der Waals surface area contributed by atoms with Crippen molar-refractivity contribution in [2.75, 3.05) is 13.2 Å². The number of unbranched alkanes of at least 4 members (excludes halogenated alkanes) is 1. The van der Waals surface area contributed by atoms with Crippen LogP contribution in [0.5, 0.6) is 0 Å². The number of carbonyl (C=O) groups is 2. The van der Waals surface area contributed by atoms with E-state index in [1.165, 1.54) is 44.9 Å². The minimum absolute atomic E-state index is 0.0335. The number of rotatable bonds is 11. The second-order valence-electron chi connectivity index (χ2n) is 11.1. The normalized spacial score (nSPS) is 29.7. The predicted molar refractivity (Wildman–Crippen MR) is 137 cm³/mol. The number of hydrogen-bond acceptors (Lipinski definition) is 5. The van der Waals surface area contributed by atoms with E-state index in [1.807, 2.05) is 6.07 Å². The first kappa shape index (κ1) is 25.2. The predicted octanol–water partition coefficient (Wildman–Crippen LogP) is 4.78. The van der Waals surface area contributed by atoms with E-state index in [9.17, 15) is 14.7 Å². The SMILES string of the molecule is O=C(O)c1cccc(CC[C@@H]2[C@H](C3=NC(C(=O)NCCCCC4CCCCC4)CO3)[C@H]3CC[C@@H]2O3)c1. The van der Waals surface area contributed by atoms with Crippen LogP contribution < -0.4 is 5.32 Å². The van der Waals surface area contributed by atoms with Crippen molar-refractivity contribution in [1.82, 2.24) is 5.32 Å². The van der Waals surface area contributed by atoms with Crippen molar-refractivity contribution in [3.05, 3.63) is 35.4 Å². The Labute approximate surface area is 214 Å². The molecule has 0 radical (unpaired) electrons. The summed E-state index contributed by atoms with van der Waals surface area (Å²) >= 11 is 0. The number of nitrogens with one attached hydrogen (secondary N) is 1. The molecule has 5 rings (SSSR count). The third kappa shape index (κ3) is 5.93. The van der Waals surface area contributed by atoms with E-state index in [1.54, 1.807) is 18.2 Å². The molecule has 2 bridgehead atoms. The van der Waals surface area contributed by atoms with Crippen molar-refractivity contribution < 1.29 is 24.2 Å². The molecule has 1 unspecified atom stereocenters. The Bertz CT molecular complexity index is 957. The van der Waals surface area contributed by atoms with Gasteiger partial charge in [0.25, 0.3) is 0 Å². The molecular formula is C29H40N2O5. The zero-order chi connectivity index (χ0) is 24.9. The summed E-state index contributed by atoms with van der Waals surface area (Å²) in [6.45, 7) is 1.02. The Hall–Kier alpha value is -2.41. The molecule has 3 aliphatic heterocycles. The summed E-state index contributed by atoms with van der Waals surface area (Å²) in [5, 5.41) is 12.4. The van der Waals surface area contributed by atoms with Crippen LogP contribution in [0.3, 0.4) is 0 Å². The lowest BCUT2D eigenvalue weighted by Gasteiger charge is -2.27. The van der Waals surface area contributed by atoms with Crippen LogP contribution >= 0.6 is 0 Å². The first-order valence-electron chi connectivity index (χ1n) is 14.0. The lowest BCUT2D eigenvalue weighted by Crippen LogP contribution is -2.35. The zero-order valence-electron chi connectivity index (χ0n) is 21.2. The molecule has 1 saturated carbocycles. The molecule has 7 nitrogen and oxygen atoms in total. The van der Waals surface area contributed by atoms with Crippen LogP contribution in [0, 0.1) is 17.8 Å². The molecule has 36 heavy (non-hydrogen) atoms. The molecule has 2 N–H and O–H groups in total. The third-order valence-electron chi connectivity index (χ3n) is 8.69. The molecular weight excluding hydrogens is 456 g/mol. The van der Waals surface area contributed by atoms with Gasteiger partial charge in [0.15, 0.2) is 11.9 Å². The Morgan fingerprint density at radius 3 is 2.69 bits per heavy atom. The minimum Gasteiger partial charge on any atom is -0.478 e. The first-order chi connectivity index (χ1) is 17.6. The van der Waals surface area contributed by atoms with Gasteiger partial charge in [0.1, 0.15) is 6.61 Å². The number of nitrogens with zero attached hydrogens (tertiary/aromatic N) is 1. The average molecular weight is 497 g/mol. The highest BCUT2D eigenvalue weighted by Crippen LogP contribution is 2.47. The molecule has 1 amide bonds. The van der Waals surface area contributed by atoms with E-state index >= 15 is 0 Å². The molecule has 3 fully saturated rings. The standard InChI is InChI=1S/C29H40N2O5/c32-27(30-16-5-4-9-19-7-2-1-3-8-19)23-18-35-28(31-23)26-22(24-14-15-25(26)36-24)13-12-20-10-6-11-21(17-20)29(33)34/h6,10-11,17,19,22-26H,1-5,7-9,12-16,18H2,(H,30,32)(H,33,34)/t22-,23?,24-,25+,26-/m0/s1. The van der Waals surface area contributed by atoms with Gasteiger partial charge in [-0.3, -0.25) is 4.79 Å². The van der Waals surface area contributed by atoms with E-state index in [-0.39, 0.29) is 30.0 Å². The monoisotopic (exact) mass is 496 g/mol. The van der Waals surface area contributed by atoms with Crippen LogP contribution in [0.15, 0.2) is 29.3 Å². The molecule has 1 aromatic rings. The van der Waals surface area contributed by atoms with E-state index in [2.05, 4.69) is 5.32 Å². The fourth-order valence-corrected chi connectivity index (χ4v) is 6.75. The summed E-state index contributed by atoms with van der Waals surface area (Å²) < 4.78 is 12.2. The lowest BCUT2D eigenvalue weighted by molar-refractivity contribution is -0.122. The maximum Gasteiger partial charge on any atom is 0.335 e. The van der Waals surface area contributed by atoms with E-state index in [0.717, 1.165) is 43.6 Å². The number of aryl methyl sites for hydroxylation is 1. The van der Waals surface area contributed by atoms with Gasteiger partial charge in [-0.05, 0) is 61.6 Å². The molecule has 0 aromatic heterocycles. The van der Waals surface area contributed by atoms with Crippen LogP contribution in [0.4, 0.5) is 0 Å². The molecule has 5 atom stereocenters. The Morgan fingerprint density at radius 1 is 1.03 bits per heavy atom. The van der Waals surface area contributed by atoms with Gasteiger partial charge in [-0.15, -0.1) is 0 Å². The largest absolute Gasteiger partial charge is 0.478 e. The van der Waals surface area contributed by atoms with Crippen molar-refractivity contribution in [3.8, 4) is 0 Å². The van der Waals surface area contributed by atoms with Crippen LogP contribution in [0.2, 0.25) is 0 Å². The van der Waals surface area contributed by atoms with Crippen molar-refractivity contribution in [1.29, 1.82) is 0 Å². The van der Waals surface area contributed by atoms with Crippen molar-refractivity contribution in [2.45, 2.75) is 95.3 Å². The molecule has 3 heterocycles. The zero-order valence-corrected chi connectivity index (χ0v) is 21.2. The van der Waals surface area contributed by atoms with Gasteiger partial charge in [-0.1, -0.05) is 57.1 Å². The topological polar surface area (TPSA) is 97.2 Å². The Kier molecular flexibility index (Phi) is 8.25. The molecule has 1 aromatic carbocycles. The molecule has 4 aliphatic rings. The fourth-order valence-electron chi connectivity index (χ4n) is 6.75. The number of aliphatic imine (C=N–C) groups is 1. The number of benzene rings is 1. The number of fused-ring (bicyclic) bond motifs is 2. The van der Waals surface area contributed by atoms with Crippen molar-refractivity contribution in [2.24, 2.45) is 22.7 Å². The van der Waals surface area contributed by atoms with Crippen LogP contribution in [0.1, 0.15) is 86.6 Å². The maximum absolute atomic E-state index is 12.7. The summed E-state index contributed by atoms with van der Waals surface area (Å²) in [4.78, 5) is 28.8. The highest BCUT2D eigenvalue weighted by Gasteiger charge is 2.52. The smallest absolute Gasteiger partial charge is 0.335 e. The van der Waals surface area contributed by atoms with Gasteiger partial charge in [0.05, 0.1) is 23.7 Å². The van der Waals surface area contributed by atoms with Gasteiger partial charge in [0.2, 0.25) is 5.91 Å². The van der Waals surface area contributed by atoms with E-state index in [4.69, 9.17) is 14.5 Å². The second-order valence-corrected chi connectivity index (χ2v) is 11.1. The lowest BCUT2D eigenvalue weighted by atomic mass is 9.76. The number of ether oxygens (including phenoxy) is 2. The maximum atomic E-state index is 12.7.